The number of carboxylic acid groups (broad SMARTS) is 1. The average Bonchev–Trinajstić information content (AvgIpc) is 2.57. The second kappa shape index (κ2) is 7.85. The highest BCUT2D eigenvalue weighted by atomic mass is 35.5. The fourth-order valence-corrected chi connectivity index (χ4v) is 2.90. The molecule has 5 nitrogen and oxygen atoms in total. The summed E-state index contributed by atoms with van der Waals surface area (Å²) < 4.78 is 13.9. The van der Waals surface area contributed by atoms with E-state index in [1.54, 1.807) is 30.3 Å². The summed E-state index contributed by atoms with van der Waals surface area (Å²) in [4.78, 5) is 22.8. The van der Waals surface area contributed by atoms with Crippen molar-refractivity contribution in [2.24, 2.45) is 16.9 Å². The molecule has 26 heavy (non-hydrogen) atoms. The van der Waals surface area contributed by atoms with E-state index >= 15 is 0 Å². The van der Waals surface area contributed by atoms with Gasteiger partial charge in [0.15, 0.2) is 0 Å². The molecule has 138 valence electrons. The Morgan fingerprint density at radius 3 is 2.38 bits per heavy atom. The van der Waals surface area contributed by atoms with Crippen LogP contribution in [-0.2, 0) is 16.0 Å². The van der Waals surface area contributed by atoms with Crippen LogP contribution in [0.2, 0.25) is 5.02 Å². The summed E-state index contributed by atoms with van der Waals surface area (Å²) in [6.07, 6.45) is 0.275. The van der Waals surface area contributed by atoms with Crippen LogP contribution in [0, 0.1) is 11.2 Å². The molecule has 0 aliphatic carbocycles. The minimum Gasteiger partial charge on any atom is -0.480 e. The van der Waals surface area contributed by atoms with E-state index in [-0.39, 0.29) is 12.2 Å². The first-order valence-electron chi connectivity index (χ1n) is 7.96. The fraction of sp³-hybridized carbons (Fsp3) is 0.263. The standard InChI is InChI=1S/C19H20ClFN2O3/c1-19(17(23)24,18(25)26)10-14(22)8-11-2-4-12(5-3-11)15-9-13(20)6-7-16(15)21/h2-7,9,14H,8,10,22H2,1H3,(H2,23,24)(H,25,26)/t14-,19?/m1/s1. The Hall–Kier alpha value is -2.44. The Morgan fingerprint density at radius 1 is 1.23 bits per heavy atom. The largest absolute Gasteiger partial charge is 0.480 e. The Kier molecular flexibility index (Phi) is 6.00. The molecule has 2 aromatic carbocycles. The molecule has 0 aromatic heterocycles. The van der Waals surface area contributed by atoms with Crippen LogP contribution in [0.1, 0.15) is 18.9 Å². The maximum atomic E-state index is 13.9. The van der Waals surface area contributed by atoms with Crippen molar-refractivity contribution in [3.05, 3.63) is 58.9 Å². The molecule has 1 unspecified atom stereocenters. The number of carboxylic acids is 1. The maximum Gasteiger partial charge on any atom is 0.318 e. The first kappa shape index (κ1) is 19.9. The summed E-state index contributed by atoms with van der Waals surface area (Å²) in [6.45, 7) is 1.27. The van der Waals surface area contributed by atoms with Gasteiger partial charge in [0, 0.05) is 16.6 Å². The normalized spacial score (nSPS) is 14.5. The van der Waals surface area contributed by atoms with Gasteiger partial charge in [-0.25, -0.2) is 4.39 Å². The van der Waals surface area contributed by atoms with Gasteiger partial charge < -0.3 is 16.6 Å². The van der Waals surface area contributed by atoms with Crippen molar-refractivity contribution < 1.29 is 19.1 Å². The van der Waals surface area contributed by atoms with Gasteiger partial charge in [-0.3, -0.25) is 9.59 Å². The quantitative estimate of drug-likeness (QED) is 0.644. The van der Waals surface area contributed by atoms with Gasteiger partial charge in [-0.2, -0.15) is 0 Å². The lowest BCUT2D eigenvalue weighted by atomic mass is 9.81. The van der Waals surface area contributed by atoms with E-state index in [9.17, 15) is 19.1 Å². The second-order valence-corrected chi connectivity index (χ2v) is 6.93. The molecule has 2 rings (SSSR count). The van der Waals surface area contributed by atoms with Crippen molar-refractivity contribution in [1.29, 1.82) is 0 Å². The SMILES string of the molecule is CC(C[C@H](N)Cc1ccc(-c2cc(Cl)ccc2F)cc1)(C(N)=O)C(=O)O. The van der Waals surface area contributed by atoms with E-state index < -0.39 is 23.3 Å². The molecule has 0 radical (unpaired) electrons. The number of hydrogen-bond acceptors (Lipinski definition) is 3. The number of halogens is 2. The van der Waals surface area contributed by atoms with Crippen LogP contribution in [-0.4, -0.2) is 23.0 Å². The summed E-state index contributed by atoms with van der Waals surface area (Å²) in [5.74, 6) is -2.60. The van der Waals surface area contributed by atoms with Gasteiger partial charge in [-0.05, 0) is 49.1 Å². The van der Waals surface area contributed by atoms with Crippen LogP contribution in [0.25, 0.3) is 11.1 Å². The van der Waals surface area contributed by atoms with E-state index in [1.807, 2.05) is 0 Å². The third-order valence-corrected chi connectivity index (χ3v) is 4.61. The van der Waals surface area contributed by atoms with Crippen molar-refractivity contribution in [1.82, 2.24) is 0 Å². The molecule has 2 aromatic rings. The van der Waals surface area contributed by atoms with Crippen LogP contribution in [0.3, 0.4) is 0 Å². The summed E-state index contributed by atoms with van der Waals surface area (Å²) in [7, 11) is 0. The number of benzene rings is 2. The predicted octanol–water partition coefficient (Wildman–Crippen LogP) is 2.98. The molecule has 2 atom stereocenters. The van der Waals surface area contributed by atoms with Gasteiger partial charge in [-0.1, -0.05) is 35.9 Å². The van der Waals surface area contributed by atoms with E-state index in [0.717, 1.165) is 5.56 Å². The number of carbonyl (C=O) groups is 2. The van der Waals surface area contributed by atoms with Gasteiger partial charge in [0.25, 0.3) is 0 Å². The molecule has 0 saturated carbocycles. The Morgan fingerprint density at radius 2 is 1.85 bits per heavy atom. The monoisotopic (exact) mass is 378 g/mol. The van der Waals surface area contributed by atoms with Crippen molar-refractivity contribution in [3.63, 3.8) is 0 Å². The highest BCUT2D eigenvalue weighted by Crippen LogP contribution is 2.27. The van der Waals surface area contributed by atoms with Gasteiger partial charge in [0.1, 0.15) is 11.2 Å². The van der Waals surface area contributed by atoms with E-state index in [4.69, 9.17) is 23.1 Å². The minimum absolute atomic E-state index is 0.0810. The first-order valence-corrected chi connectivity index (χ1v) is 8.34. The summed E-state index contributed by atoms with van der Waals surface area (Å²) in [5, 5.41) is 9.66. The summed E-state index contributed by atoms with van der Waals surface area (Å²) in [5.41, 5.74) is 11.4. The van der Waals surface area contributed by atoms with E-state index in [0.29, 0.717) is 22.6 Å². The third-order valence-electron chi connectivity index (χ3n) is 4.38. The van der Waals surface area contributed by atoms with E-state index in [1.165, 1.54) is 19.1 Å². The number of carbonyl (C=O) groups excluding carboxylic acids is 1. The highest BCUT2D eigenvalue weighted by molar-refractivity contribution is 6.30. The molecular formula is C19H20ClFN2O3. The molecule has 0 aliphatic rings. The highest BCUT2D eigenvalue weighted by Gasteiger charge is 2.40. The molecular weight excluding hydrogens is 359 g/mol. The zero-order valence-corrected chi connectivity index (χ0v) is 15.0. The molecule has 1 amide bonds. The molecule has 0 spiro atoms. The lowest BCUT2D eigenvalue weighted by Gasteiger charge is -2.24. The number of rotatable bonds is 7. The number of hydrogen-bond donors (Lipinski definition) is 3. The number of nitrogens with two attached hydrogens (primary N) is 2. The molecule has 0 heterocycles. The lowest BCUT2D eigenvalue weighted by molar-refractivity contribution is -0.154. The van der Waals surface area contributed by atoms with Gasteiger partial charge >= 0.3 is 5.97 Å². The van der Waals surface area contributed by atoms with Gasteiger partial charge in [0.2, 0.25) is 5.91 Å². The predicted molar refractivity (Wildman–Crippen MR) is 98.1 cm³/mol. The first-order chi connectivity index (χ1) is 12.1. The maximum absolute atomic E-state index is 13.9. The van der Waals surface area contributed by atoms with Crippen LogP contribution in [0.15, 0.2) is 42.5 Å². The van der Waals surface area contributed by atoms with Crippen molar-refractivity contribution in [2.45, 2.75) is 25.8 Å². The summed E-state index contributed by atoms with van der Waals surface area (Å²) >= 11 is 5.91. The fourth-order valence-electron chi connectivity index (χ4n) is 2.73. The second-order valence-electron chi connectivity index (χ2n) is 6.49. The Labute approximate surface area is 155 Å². The van der Waals surface area contributed by atoms with Gasteiger partial charge in [0.05, 0.1) is 0 Å². The molecule has 5 N–H and O–H groups in total. The molecule has 0 saturated heterocycles. The number of aliphatic carboxylic acids is 1. The van der Waals surface area contributed by atoms with Crippen LogP contribution in [0.5, 0.6) is 0 Å². The topological polar surface area (TPSA) is 106 Å². The molecule has 0 bridgehead atoms. The third kappa shape index (κ3) is 4.39. The van der Waals surface area contributed by atoms with Crippen molar-refractivity contribution in [3.8, 4) is 11.1 Å². The smallest absolute Gasteiger partial charge is 0.318 e. The Balaban J connectivity index is 2.13. The summed E-state index contributed by atoms with van der Waals surface area (Å²) in [6, 6.07) is 10.8. The molecule has 0 aliphatic heterocycles. The molecule has 7 heteroatoms. The van der Waals surface area contributed by atoms with Crippen molar-refractivity contribution in [2.75, 3.05) is 0 Å². The minimum atomic E-state index is -1.72. The molecule has 0 fully saturated rings. The zero-order valence-electron chi connectivity index (χ0n) is 14.2. The van der Waals surface area contributed by atoms with Crippen LogP contribution < -0.4 is 11.5 Å². The van der Waals surface area contributed by atoms with Gasteiger partial charge in [-0.15, -0.1) is 0 Å². The number of primary amides is 1. The van der Waals surface area contributed by atoms with E-state index in [2.05, 4.69) is 0 Å². The zero-order chi connectivity index (χ0) is 19.5. The average molecular weight is 379 g/mol. The van der Waals surface area contributed by atoms with Crippen molar-refractivity contribution >= 4 is 23.5 Å². The van der Waals surface area contributed by atoms with Crippen LogP contribution in [0.4, 0.5) is 4.39 Å². The Bertz CT molecular complexity index is 810. The number of amides is 1. The lowest BCUT2D eigenvalue weighted by Crippen LogP contribution is -2.45. The van der Waals surface area contributed by atoms with Crippen LogP contribution >= 0.6 is 11.6 Å².